The molecule has 2 aromatic carbocycles. The van der Waals surface area contributed by atoms with Crippen LogP contribution in [-0.2, 0) is 13.0 Å². The molecule has 4 rings (SSSR count). The first kappa shape index (κ1) is 21.5. The molecular weight excluding hydrogens is 402 g/mol. The van der Waals surface area contributed by atoms with Crippen LogP contribution in [0.3, 0.4) is 0 Å². The Bertz CT molecular complexity index is 1240. The lowest BCUT2D eigenvalue weighted by Crippen LogP contribution is -2.23. The summed E-state index contributed by atoms with van der Waals surface area (Å²) < 4.78 is 7.41. The van der Waals surface area contributed by atoms with Gasteiger partial charge < -0.3 is 9.73 Å². The number of aromatic nitrogens is 4. The SMILES string of the molecule is Cc1cccc(CNC(=O)c2cccc(-n3nc(-c4nnc(C)o4)cc3CC(C)C)c2)c1. The molecule has 1 N–H and O–H groups in total. The Morgan fingerprint density at radius 2 is 1.88 bits per heavy atom. The molecule has 32 heavy (non-hydrogen) atoms. The van der Waals surface area contributed by atoms with E-state index in [0.29, 0.717) is 35.5 Å². The number of carbonyl (C=O) groups is 1. The molecule has 0 radical (unpaired) electrons. The number of nitrogens with one attached hydrogen (secondary N) is 1. The monoisotopic (exact) mass is 429 g/mol. The molecule has 0 bridgehead atoms. The molecule has 0 saturated heterocycles. The van der Waals surface area contributed by atoms with Gasteiger partial charge in [-0.2, -0.15) is 5.10 Å². The fourth-order valence-electron chi connectivity index (χ4n) is 3.60. The van der Waals surface area contributed by atoms with E-state index in [9.17, 15) is 4.79 Å². The van der Waals surface area contributed by atoms with Gasteiger partial charge in [-0.25, -0.2) is 4.68 Å². The quantitative estimate of drug-likeness (QED) is 0.461. The molecule has 7 nitrogen and oxygen atoms in total. The van der Waals surface area contributed by atoms with Gasteiger partial charge in [0.25, 0.3) is 11.8 Å². The van der Waals surface area contributed by atoms with Gasteiger partial charge in [-0.1, -0.05) is 49.7 Å². The summed E-state index contributed by atoms with van der Waals surface area (Å²) in [6.07, 6.45) is 0.823. The van der Waals surface area contributed by atoms with Crippen molar-refractivity contribution in [2.45, 2.75) is 40.7 Å². The summed E-state index contributed by atoms with van der Waals surface area (Å²) in [6.45, 7) is 8.58. The molecule has 4 aromatic rings. The molecule has 2 heterocycles. The highest BCUT2D eigenvalue weighted by molar-refractivity contribution is 5.94. The third-order valence-corrected chi connectivity index (χ3v) is 5.03. The molecule has 7 heteroatoms. The first-order valence-electron chi connectivity index (χ1n) is 10.7. The Kier molecular flexibility index (Phi) is 6.16. The third-order valence-electron chi connectivity index (χ3n) is 5.03. The van der Waals surface area contributed by atoms with Crippen LogP contribution in [0.15, 0.2) is 59.0 Å². The van der Waals surface area contributed by atoms with E-state index in [0.717, 1.165) is 23.4 Å². The molecule has 164 valence electrons. The van der Waals surface area contributed by atoms with E-state index in [4.69, 9.17) is 9.52 Å². The van der Waals surface area contributed by atoms with E-state index in [-0.39, 0.29) is 5.91 Å². The van der Waals surface area contributed by atoms with E-state index in [1.807, 2.05) is 60.1 Å². The van der Waals surface area contributed by atoms with Gasteiger partial charge in [0.2, 0.25) is 5.89 Å². The molecule has 2 aromatic heterocycles. The number of nitrogens with zero attached hydrogens (tertiary/aromatic N) is 4. The van der Waals surface area contributed by atoms with Crippen molar-refractivity contribution in [2.24, 2.45) is 5.92 Å². The highest BCUT2D eigenvalue weighted by atomic mass is 16.4. The summed E-state index contributed by atoms with van der Waals surface area (Å²) >= 11 is 0. The van der Waals surface area contributed by atoms with Crippen molar-refractivity contribution in [3.8, 4) is 17.3 Å². The molecule has 0 aliphatic rings. The van der Waals surface area contributed by atoms with Gasteiger partial charge in [-0.3, -0.25) is 4.79 Å². The highest BCUT2D eigenvalue weighted by Gasteiger charge is 2.17. The van der Waals surface area contributed by atoms with E-state index in [1.165, 1.54) is 5.56 Å². The molecule has 0 spiro atoms. The minimum atomic E-state index is -0.126. The molecule has 0 saturated carbocycles. The second kappa shape index (κ2) is 9.18. The molecule has 0 unspecified atom stereocenters. The Morgan fingerprint density at radius 1 is 1.06 bits per heavy atom. The second-order valence-electron chi connectivity index (χ2n) is 8.38. The number of aryl methyl sites for hydroxylation is 2. The Labute approximate surface area is 187 Å². The zero-order valence-corrected chi connectivity index (χ0v) is 18.8. The van der Waals surface area contributed by atoms with E-state index >= 15 is 0 Å². The summed E-state index contributed by atoms with van der Waals surface area (Å²) in [5.74, 6) is 1.19. The minimum Gasteiger partial charge on any atom is -0.420 e. The smallest absolute Gasteiger partial charge is 0.268 e. The summed E-state index contributed by atoms with van der Waals surface area (Å²) in [5.41, 5.74) is 5.27. The first-order chi connectivity index (χ1) is 15.4. The molecule has 0 atom stereocenters. The predicted octanol–water partition coefficient (Wildman–Crippen LogP) is 4.67. The molecule has 0 fully saturated rings. The van der Waals surface area contributed by atoms with Crippen LogP contribution in [0.5, 0.6) is 0 Å². The summed E-state index contributed by atoms with van der Waals surface area (Å²) in [5, 5.41) is 15.7. The third kappa shape index (κ3) is 4.94. The van der Waals surface area contributed by atoms with Gasteiger partial charge >= 0.3 is 0 Å². The lowest BCUT2D eigenvalue weighted by atomic mass is 10.1. The zero-order valence-electron chi connectivity index (χ0n) is 18.8. The molecular formula is C25H27N5O2. The van der Waals surface area contributed by atoms with Crippen LogP contribution < -0.4 is 5.32 Å². The fraction of sp³-hybridized carbons (Fsp3) is 0.280. The van der Waals surface area contributed by atoms with Crippen molar-refractivity contribution in [1.82, 2.24) is 25.3 Å². The van der Waals surface area contributed by atoms with Gasteiger partial charge in [0.1, 0.15) is 5.69 Å². The fourth-order valence-corrected chi connectivity index (χ4v) is 3.60. The van der Waals surface area contributed by atoms with Crippen molar-refractivity contribution in [1.29, 1.82) is 0 Å². The number of carbonyl (C=O) groups excluding carboxylic acids is 1. The normalized spacial score (nSPS) is 11.2. The van der Waals surface area contributed by atoms with Crippen molar-refractivity contribution >= 4 is 5.91 Å². The average molecular weight is 430 g/mol. The van der Waals surface area contributed by atoms with Crippen molar-refractivity contribution in [3.63, 3.8) is 0 Å². The van der Waals surface area contributed by atoms with E-state index < -0.39 is 0 Å². The van der Waals surface area contributed by atoms with Gasteiger partial charge in [0, 0.05) is 24.7 Å². The number of hydrogen-bond acceptors (Lipinski definition) is 5. The van der Waals surface area contributed by atoms with Crippen LogP contribution in [0, 0.1) is 19.8 Å². The Morgan fingerprint density at radius 3 is 2.59 bits per heavy atom. The summed E-state index contributed by atoms with van der Waals surface area (Å²) in [6, 6.07) is 17.5. The first-order valence-corrected chi connectivity index (χ1v) is 10.7. The maximum atomic E-state index is 12.8. The van der Waals surface area contributed by atoms with Gasteiger partial charge in [0.15, 0.2) is 0 Å². The van der Waals surface area contributed by atoms with E-state index in [1.54, 1.807) is 6.92 Å². The predicted molar refractivity (Wildman–Crippen MR) is 122 cm³/mol. The minimum absolute atomic E-state index is 0.126. The Hall–Kier alpha value is -3.74. The molecule has 0 aliphatic heterocycles. The Balaban J connectivity index is 1.60. The van der Waals surface area contributed by atoms with Gasteiger partial charge in [-0.15, -0.1) is 10.2 Å². The number of hydrogen-bond donors (Lipinski definition) is 1. The standard InChI is InChI=1S/C25H27N5O2/c1-16(2)11-22-14-23(25-28-27-18(4)32-25)29-30(22)21-10-6-9-20(13-21)24(31)26-15-19-8-5-7-17(3)12-19/h5-10,12-14,16H,11,15H2,1-4H3,(H,26,31). The molecule has 1 amide bonds. The summed E-state index contributed by atoms with van der Waals surface area (Å²) in [4.78, 5) is 12.8. The van der Waals surface area contributed by atoms with Crippen LogP contribution >= 0.6 is 0 Å². The van der Waals surface area contributed by atoms with Crippen molar-refractivity contribution in [2.75, 3.05) is 0 Å². The largest absolute Gasteiger partial charge is 0.420 e. The lowest BCUT2D eigenvalue weighted by molar-refractivity contribution is 0.0951. The van der Waals surface area contributed by atoms with Crippen molar-refractivity contribution < 1.29 is 9.21 Å². The van der Waals surface area contributed by atoms with Crippen molar-refractivity contribution in [3.05, 3.63) is 82.9 Å². The van der Waals surface area contributed by atoms with Crippen LogP contribution in [0.4, 0.5) is 0 Å². The number of rotatable bonds is 7. The van der Waals surface area contributed by atoms with Crippen LogP contribution in [0.2, 0.25) is 0 Å². The second-order valence-corrected chi connectivity index (χ2v) is 8.38. The maximum Gasteiger partial charge on any atom is 0.268 e. The topological polar surface area (TPSA) is 85.8 Å². The number of amides is 1. The van der Waals surface area contributed by atoms with Gasteiger partial charge in [0.05, 0.1) is 5.69 Å². The lowest BCUT2D eigenvalue weighted by Gasteiger charge is -2.11. The van der Waals surface area contributed by atoms with Crippen LogP contribution in [0.1, 0.15) is 46.9 Å². The maximum absolute atomic E-state index is 12.8. The zero-order chi connectivity index (χ0) is 22.7. The van der Waals surface area contributed by atoms with Gasteiger partial charge in [-0.05, 0) is 49.1 Å². The van der Waals surface area contributed by atoms with Crippen LogP contribution in [-0.4, -0.2) is 25.9 Å². The molecule has 0 aliphatic carbocycles. The average Bonchev–Trinajstić information content (AvgIpc) is 3.38. The summed E-state index contributed by atoms with van der Waals surface area (Å²) in [7, 11) is 0. The highest BCUT2D eigenvalue weighted by Crippen LogP contribution is 2.23. The van der Waals surface area contributed by atoms with Crippen LogP contribution in [0.25, 0.3) is 17.3 Å². The number of benzene rings is 2. The van der Waals surface area contributed by atoms with E-state index in [2.05, 4.69) is 35.4 Å².